The van der Waals surface area contributed by atoms with Crippen molar-refractivity contribution in [3.8, 4) is 6.57 Å². The summed E-state index contributed by atoms with van der Waals surface area (Å²) in [5.41, 5.74) is -0.500. The van der Waals surface area contributed by atoms with Gasteiger partial charge in [0.25, 0.3) is 6.57 Å². The summed E-state index contributed by atoms with van der Waals surface area (Å²) >= 11 is 0. The van der Waals surface area contributed by atoms with Gasteiger partial charge in [-0.15, -0.1) is 0 Å². The van der Waals surface area contributed by atoms with Crippen molar-refractivity contribution in [3.05, 3.63) is 4.85 Å². The minimum absolute atomic E-state index is 0.500. The van der Waals surface area contributed by atoms with Crippen LogP contribution in [0.2, 0.25) is 0 Å². The Morgan fingerprint density at radius 3 is 2.14 bits per heavy atom. The summed E-state index contributed by atoms with van der Waals surface area (Å²) < 4.78 is 0. The molecule has 38 valence electrons. The molecule has 0 aliphatic carbocycles. The highest BCUT2D eigenvalue weighted by molar-refractivity contribution is 5.26. The molecule has 0 amide bonds. The fraction of sp³-hybridized carbons (Fsp3) is 0.600. The third kappa shape index (κ3) is 1.94. The van der Waals surface area contributed by atoms with E-state index in [1.807, 2.05) is 0 Å². The summed E-state index contributed by atoms with van der Waals surface area (Å²) in [6.45, 7) is 11.7. The van der Waals surface area contributed by atoms with Crippen molar-refractivity contribution in [2.24, 2.45) is 4.99 Å². The number of hydrogen-bond donors (Lipinski definition) is 0. The van der Waals surface area contributed by atoms with Gasteiger partial charge in [-0.1, -0.05) is 4.85 Å². The van der Waals surface area contributed by atoms with Gasteiger partial charge in [0.1, 0.15) is 0 Å². The van der Waals surface area contributed by atoms with Crippen LogP contribution in [0.5, 0.6) is 0 Å². The predicted molar refractivity (Wildman–Crippen MR) is 31.9 cm³/mol. The first-order valence-corrected chi connectivity index (χ1v) is 2.02. The van der Waals surface area contributed by atoms with E-state index in [0.29, 0.717) is 0 Å². The number of nitrogens with zero attached hydrogens (tertiary/aromatic N) is 2. The molecule has 0 aromatic rings. The SMILES string of the molecule is C#[N+]C(C)(C)N=C. The van der Waals surface area contributed by atoms with Crippen LogP contribution in [-0.4, -0.2) is 12.4 Å². The molecule has 0 saturated carbocycles. The molecule has 0 saturated heterocycles. The highest BCUT2D eigenvalue weighted by Crippen LogP contribution is 2.06. The molecule has 0 fully saturated rings. The summed E-state index contributed by atoms with van der Waals surface area (Å²) in [7, 11) is 0. The molecule has 2 nitrogen and oxygen atoms in total. The van der Waals surface area contributed by atoms with Crippen LogP contribution in [0.4, 0.5) is 0 Å². The number of aliphatic imine (C=N–C) groups is 1. The molecule has 2 heteroatoms. The van der Waals surface area contributed by atoms with E-state index in [1.165, 1.54) is 0 Å². The number of rotatable bonds is 1. The van der Waals surface area contributed by atoms with Gasteiger partial charge in [0.2, 0.25) is 0 Å². The smallest absolute Gasteiger partial charge is 0.215 e. The van der Waals surface area contributed by atoms with Crippen LogP contribution < -0.4 is 0 Å². The summed E-state index contributed by atoms with van der Waals surface area (Å²) in [6, 6.07) is 0. The molecular formula is C5H9N2+. The molecule has 0 spiro atoms. The topological polar surface area (TPSA) is 16.7 Å². The summed E-state index contributed by atoms with van der Waals surface area (Å²) in [6.07, 6.45) is 0. The van der Waals surface area contributed by atoms with Gasteiger partial charge in [-0.05, 0) is 6.72 Å². The molecular weight excluding hydrogens is 88.1 g/mol. The lowest BCUT2D eigenvalue weighted by Crippen LogP contribution is -2.07. The average molecular weight is 97.1 g/mol. The third-order valence-electron chi connectivity index (χ3n) is 0.703. The van der Waals surface area contributed by atoms with Crippen LogP contribution in [-0.2, 0) is 0 Å². The van der Waals surface area contributed by atoms with Crippen molar-refractivity contribution in [2.45, 2.75) is 19.5 Å². The monoisotopic (exact) mass is 97.1 g/mol. The van der Waals surface area contributed by atoms with Crippen molar-refractivity contribution in [1.82, 2.24) is 0 Å². The van der Waals surface area contributed by atoms with Crippen molar-refractivity contribution in [2.75, 3.05) is 0 Å². The van der Waals surface area contributed by atoms with Crippen molar-refractivity contribution in [3.63, 3.8) is 0 Å². The lowest BCUT2D eigenvalue weighted by molar-refractivity contribution is 0.659. The van der Waals surface area contributed by atoms with Gasteiger partial charge >= 0.3 is 5.66 Å². The standard InChI is InChI=1S/C5H9N2/c1-5(2,6-3)7-4/h3H,4H2,1-2H3/q+1. The zero-order chi connectivity index (χ0) is 5.91. The summed E-state index contributed by atoms with van der Waals surface area (Å²) in [5.74, 6) is 0. The molecule has 0 aromatic heterocycles. The molecule has 0 rings (SSSR count). The molecule has 0 bridgehead atoms. The normalized spacial score (nSPS) is 9.86. The van der Waals surface area contributed by atoms with E-state index < -0.39 is 5.66 Å². The van der Waals surface area contributed by atoms with E-state index in [2.05, 4.69) is 16.6 Å². The Hall–Kier alpha value is -0.840. The maximum absolute atomic E-state index is 4.91. The quantitative estimate of drug-likeness (QED) is 0.440. The van der Waals surface area contributed by atoms with Crippen molar-refractivity contribution >= 4 is 6.72 Å². The van der Waals surface area contributed by atoms with Crippen LogP contribution >= 0.6 is 0 Å². The minimum atomic E-state index is -0.500. The lowest BCUT2D eigenvalue weighted by atomic mass is 10.3. The maximum atomic E-state index is 4.91. The van der Waals surface area contributed by atoms with Gasteiger partial charge in [0, 0.05) is 13.8 Å². The summed E-state index contributed by atoms with van der Waals surface area (Å²) in [5, 5.41) is 0. The molecule has 0 unspecified atom stereocenters. The Labute approximate surface area is 43.7 Å². The van der Waals surface area contributed by atoms with E-state index in [0.717, 1.165) is 0 Å². The second-order valence-electron chi connectivity index (χ2n) is 1.78. The minimum Gasteiger partial charge on any atom is -0.215 e. The van der Waals surface area contributed by atoms with Crippen molar-refractivity contribution in [1.29, 1.82) is 0 Å². The Balaban J connectivity index is 3.91. The molecule has 0 N–H and O–H groups in total. The van der Waals surface area contributed by atoms with Crippen LogP contribution in [0.3, 0.4) is 0 Å². The summed E-state index contributed by atoms with van der Waals surface area (Å²) in [4.78, 5) is 7.01. The second kappa shape index (κ2) is 1.74. The van der Waals surface area contributed by atoms with Gasteiger partial charge in [0.15, 0.2) is 0 Å². The first-order valence-electron chi connectivity index (χ1n) is 2.02. The second-order valence-corrected chi connectivity index (χ2v) is 1.78. The van der Waals surface area contributed by atoms with E-state index in [4.69, 9.17) is 6.57 Å². The highest BCUT2D eigenvalue weighted by atomic mass is 15.0. The Morgan fingerprint density at radius 2 is 2.14 bits per heavy atom. The molecule has 0 aliphatic rings. The molecule has 0 aliphatic heterocycles. The Morgan fingerprint density at radius 1 is 1.71 bits per heavy atom. The van der Waals surface area contributed by atoms with Gasteiger partial charge in [-0.3, -0.25) is 0 Å². The number of hydrogen-bond acceptors (Lipinski definition) is 1. The van der Waals surface area contributed by atoms with Gasteiger partial charge in [-0.25, -0.2) is 4.99 Å². The zero-order valence-electron chi connectivity index (χ0n) is 4.68. The lowest BCUT2D eigenvalue weighted by Gasteiger charge is -1.92. The highest BCUT2D eigenvalue weighted by Gasteiger charge is 2.22. The molecule has 0 aromatic carbocycles. The first-order chi connectivity index (χ1) is 3.12. The van der Waals surface area contributed by atoms with Gasteiger partial charge in [0.05, 0.1) is 0 Å². The van der Waals surface area contributed by atoms with E-state index >= 15 is 0 Å². The average Bonchev–Trinajstić information content (AvgIpc) is 1.68. The van der Waals surface area contributed by atoms with E-state index in [1.54, 1.807) is 13.8 Å². The Kier molecular flexibility index (Phi) is 1.53. The molecule has 7 heavy (non-hydrogen) atoms. The molecule has 0 atom stereocenters. The first kappa shape index (κ1) is 6.16. The van der Waals surface area contributed by atoms with Crippen LogP contribution in [0, 0.1) is 6.57 Å². The fourth-order valence-corrected chi connectivity index (χ4v) is 0.0408. The van der Waals surface area contributed by atoms with Crippen molar-refractivity contribution < 1.29 is 0 Å². The maximum Gasteiger partial charge on any atom is 0.366 e. The Bertz CT molecular complexity index is 108. The zero-order valence-corrected chi connectivity index (χ0v) is 4.68. The third-order valence-corrected chi connectivity index (χ3v) is 0.703. The van der Waals surface area contributed by atoms with E-state index in [9.17, 15) is 0 Å². The fourth-order valence-electron chi connectivity index (χ4n) is 0.0408. The van der Waals surface area contributed by atoms with Crippen LogP contribution in [0.25, 0.3) is 4.85 Å². The largest absolute Gasteiger partial charge is 0.366 e. The molecule has 0 radical (unpaired) electrons. The van der Waals surface area contributed by atoms with Crippen LogP contribution in [0.1, 0.15) is 13.8 Å². The predicted octanol–water partition coefficient (Wildman–Crippen LogP) is 1.39. The molecule has 0 heterocycles. The van der Waals surface area contributed by atoms with Gasteiger partial charge in [-0.2, -0.15) is 0 Å². The van der Waals surface area contributed by atoms with Gasteiger partial charge < -0.3 is 0 Å². The van der Waals surface area contributed by atoms with Crippen LogP contribution in [0.15, 0.2) is 4.99 Å². The van der Waals surface area contributed by atoms with E-state index in [-0.39, 0.29) is 0 Å².